The number of nitrogens with zero attached hydrogens (tertiary/aromatic N) is 2. The molecule has 0 aliphatic carbocycles. The molecule has 0 unspecified atom stereocenters. The molecule has 2 heterocycles. The van der Waals surface area contributed by atoms with Crippen molar-refractivity contribution in [1.29, 1.82) is 0 Å². The van der Waals surface area contributed by atoms with Crippen LogP contribution in [0.4, 0.5) is 0 Å². The summed E-state index contributed by atoms with van der Waals surface area (Å²) in [4.78, 5) is 4.35. The van der Waals surface area contributed by atoms with Gasteiger partial charge in [0.15, 0.2) is 0 Å². The normalized spacial score (nSPS) is 18.1. The molecule has 20 heavy (non-hydrogen) atoms. The van der Waals surface area contributed by atoms with Gasteiger partial charge < -0.3 is 15.0 Å². The molecular formula is C16H21N3O. The van der Waals surface area contributed by atoms with Crippen LogP contribution in [0, 0.1) is 0 Å². The van der Waals surface area contributed by atoms with Gasteiger partial charge in [-0.3, -0.25) is 0 Å². The molecule has 4 nitrogen and oxygen atoms in total. The number of rotatable bonds is 3. The van der Waals surface area contributed by atoms with Crippen molar-refractivity contribution in [2.24, 2.45) is 0 Å². The van der Waals surface area contributed by atoms with Crippen LogP contribution in [0.3, 0.4) is 0 Å². The average Bonchev–Trinajstić information content (AvgIpc) is 2.91. The van der Waals surface area contributed by atoms with Gasteiger partial charge in [-0.2, -0.15) is 0 Å². The van der Waals surface area contributed by atoms with Gasteiger partial charge >= 0.3 is 0 Å². The molecule has 4 heteroatoms. The van der Waals surface area contributed by atoms with Crippen molar-refractivity contribution < 1.29 is 5.11 Å². The van der Waals surface area contributed by atoms with Gasteiger partial charge in [0.25, 0.3) is 0 Å². The fourth-order valence-corrected chi connectivity index (χ4v) is 2.98. The molecule has 106 valence electrons. The van der Waals surface area contributed by atoms with Crippen LogP contribution in [0.1, 0.15) is 31.0 Å². The molecule has 2 N–H and O–H groups in total. The number of benzene rings is 1. The second kappa shape index (κ2) is 5.29. The molecule has 1 aromatic heterocycles. The Bertz CT molecular complexity index is 568. The van der Waals surface area contributed by atoms with Crippen molar-refractivity contribution >= 4 is 0 Å². The molecule has 1 aliphatic rings. The van der Waals surface area contributed by atoms with Crippen molar-refractivity contribution in [3.63, 3.8) is 0 Å². The molecule has 0 spiro atoms. The Morgan fingerprint density at radius 2 is 1.95 bits per heavy atom. The largest absolute Gasteiger partial charge is 0.508 e. The van der Waals surface area contributed by atoms with Crippen molar-refractivity contribution in [2.75, 3.05) is 13.1 Å². The van der Waals surface area contributed by atoms with Crippen LogP contribution in [0.25, 0.3) is 0 Å². The van der Waals surface area contributed by atoms with E-state index in [1.165, 1.54) is 11.3 Å². The van der Waals surface area contributed by atoms with E-state index in [2.05, 4.69) is 21.8 Å². The Labute approximate surface area is 119 Å². The summed E-state index contributed by atoms with van der Waals surface area (Å²) in [7, 11) is 0. The molecule has 2 aromatic rings. The Morgan fingerprint density at radius 1 is 1.25 bits per heavy atom. The maximum atomic E-state index is 9.36. The van der Waals surface area contributed by atoms with Crippen molar-refractivity contribution in [3.8, 4) is 5.75 Å². The minimum atomic E-state index is 0.207. The zero-order chi connectivity index (χ0) is 14.0. The van der Waals surface area contributed by atoms with Crippen LogP contribution >= 0.6 is 0 Å². The quantitative estimate of drug-likeness (QED) is 0.900. The van der Waals surface area contributed by atoms with E-state index in [1.54, 1.807) is 12.1 Å². The molecule has 1 aromatic carbocycles. The van der Waals surface area contributed by atoms with Crippen molar-refractivity contribution in [3.05, 3.63) is 48.0 Å². The number of piperidine rings is 1. The standard InChI is InChI=1S/C16H21N3O/c1-16(6-8-17-9-7-16)15-10-18-12-19(15)11-13-2-4-14(20)5-3-13/h2-5,10,12,17,20H,6-9,11H2,1H3. The number of hydrogen-bond donors (Lipinski definition) is 2. The topological polar surface area (TPSA) is 50.1 Å². The second-order valence-corrected chi connectivity index (χ2v) is 5.88. The second-order valence-electron chi connectivity index (χ2n) is 5.88. The third kappa shape index (κ3) is 2.56. The summed E-state index contributed by atoms with van der Waals surface area (Å²) >= 11 is 0. The van der Waals surface area contributed by atoms with Gasteiger partial charge in [-0.25, -0.2) is 4.98 Å². The first kappa shape index (κ1) is 13.2. The highest BCUT2D eigenvalue weighted by molar-refractivity contribution is 5.27. The van der Waals surface area contributed by atoms with Gasteiger partial charge in [0.2, 0.25) is 0 Å². The third-order valence-electron chi connectivity index (χ3n) is 4.33. The lowest BCUT2D eigenvalue weighted by Crippen LogP contribution is -2.39. The highest BCUT2D eigenvalue weighted by atomic mass is 16.3. The number of aromatic hydroxyl groups is 1. The summed E-state index contributed by atoms with van der Waals surface area (Å²) in [5.41, 5.74) is 2.70. The van der Waals surface area contributed by atoms with Crippen LogP contribution in [0.5, 0.6) is 5.75 Å². The molecule has 1 fully saturated rings. The number of aromatic nitrogens is 2. The van der Waals surface area contributed by atoms with Crippen LogP contribution < -0.4 is 5.32 Å². The molecule has 0 radical (unpaired) electrons. The Hall–Kier alpha value is -1.81. The fraction of sp³-hybridized carbons (Fsp3) is 0.438. The van der Waals surface area contributed by atoms with E-state index in [-0.39, 0.29) is 5.41 Å². The lowest BCUT2D eigenvalue weighted by Gasteiger charge is -2.34. The van der Waals surface area contributed by atoms with Crippen molar-refractivity contribution in [2.45, 2.75) is 31.7 Å². The summed E-state index contributed by atoms with van der Waals surface area (Å²) < 4.78 is 2.23. The molecule has 0 amide bonds. The SMILES string of the molecule is CC1(c2cncn2Cc2ccc(O)cc2)CCNCC1. The minimum Gasteiger partial charge on any atom is -0.508 e. The lowest BCUT2D eigenvalue weighted by molar-refractivity contribution is 0.318. The zero-order valence-electron chi connectivity index (χ0n) is 11.8. The van der Waals surface area contributed by atoms with Gasteiger partial charge in [0.05, 0.1) is 6.33 Å². The minimum absolute atomic E-state index is 0.207. The molecule has 1 aliphatic heterocycles. The van der Waals surface area contributed by atoms with Crippen LogP contribution in [0.2, 0.25) is 0 Å². The lowest BCUT2D eigenvalue weighted by atomic mass is 9.78. The Kier molecular flexibility index (Phi) is 3.49. The summed E-state index contributed by atoms with van der Waals surface area (Å²) in [5, 5.41) is 12.8. The molecule has 1 saturated heterocycles. The Morgan fingerprint density at radius 3 is 2.65 bits per heavy atom. The van der Waals surface area contributed by atoms with E-state index >= 15 is 0 Å². The highest BCUT2D eigenvalue weighted by Crippen LogP contribution is 2.32. The zero-order valence-corrected chi connectivity index (χ0v) is 11.8. The first-order chi connectivity index (χ1) is 9.67. The smallest absolute Gasteiger partial charge is 0.115 e. The van der Waals surface area contributed by atoms with Gasteiger partial charge in [-0.05, 0) is 43.6 Å². The number of phenols is 1. The first-order valence-electron chi connectivity index (χ1n) is 7.17. The number of imidazole rings is 1. The van der Waals surface area contributed by atoms with E-state index in [0.717, 1.165) is 32.5 Å². The van der Waals surface area contributed by atoms with Gasteiger partial charge in [0.1, 0.15) is 5.75 Å². The number of phenolic OH excluding ortho intramolecular Hbond substituents is 1. The predicted molar refractivity (Wildman–Crippen MR) is 78.9 cm³/mol. The molecule has 0 bridgehead atoms. The van der Waals surface area contributed by atoms with Gasteiger partial charge in [-0.15, -0.1) is 0 Å². The van der Waals surface area contributed by atoms with Crippen molar-refractivity contribution in [1.82, 2.24) is 14.9 Å². The van der Waals surface area contributed by atoms with Gasteiger partial charge in [0, 0.05) is 23.9 Å². The van der Waals surface area contributed by atoms with E-state index in [4.69, 9.17) is 0 Å². The summed E-state index contributed by atoms with van der Waals surface area (Å²) in [6.45, 7) is 5.28. The van der Waals surface area contributed by atoms with E-state index in [1.807, 2.05) is 24.7 Å². The number of nitrogens with one attached hydrogen (secondary N) is 1. The molecular weight excluding hydrogens is 250 g/mol. The fourth-order valence-electron chi connectivity index (χ4n) is 2.98. The summed E-state index contributed by atoms with van der Waals surface area (Å²) in [6, 6.07) is 7.39. The highest BCUT2D eigenvalue weighted by Gasteiger charge is 2.31. The maximum Gasteiger partial charge on any atom is 0.115 e. The van der Waals surface area contributed by atoms with E-state index in [0.29, 0.717) is 5.75 Å². The van der Waals surface area contributed by atoms with Crippen LogP contribution in [-0.2, 0) is 12.0 Å². The molecule has 0 atom stereocenters. The van der Waals surface area contributed by atoms with E-state index < -0.39 is 0 Å². The average molecular weight is 271 g/mol. The van der Waals surface area contributed by atoms with E-state index in [9.17, 15) is 5.11 Å². The first-order valence-corrected chi connectivity index (χ1v) is 7.17. The maximum absolute atomic E-state index is 9.36. The molecule has 3 rings (SSSR count). The van der Waals surface area contributed by atoms with Crippen LogP contribution in [0.15, 0.2) is 36.8 Å². The number of hydrogen-bond acceptors (Lipinski definition) is 3. The molecule has 0 saturated carbocycles. The van der Waals surface area contributed by atoms with Crippen LogP contribution in [-0.4, -0.2) is 27.7 Å². The third-order valence-corrected chi connectivity index (χ3v) is 4.33. The monoisotopic (exact) mass is 271 g/mol. The Balaban J connectivity index is 1.84. The summed E-state index contributed by atoms with van der Waals surface area (Å²) in [6.07, 6.45) is 6.21. The summed E-state index contributed by atoms with van der Waals surface area (Å²) in [5.74, 6) is 0.310. The predicted octanol–water partition coefficient (Wildman–Crippen LogP) is 2.28. The van der Waals surface area contributed by atoms with Gasteiger partial charge in [-0.1, -0.05) is 19.1 Å².